The minimum atomic E-state index is 0.147. The number of nitrogen functional groups attached to an aromatic ring is 1. The van der Waals surface area contributed by atoms with Gasteiger partial charge >= 0.3 is 0 Å². The first-order chi connectivity index (χ1) is 7.74. The first-order valence-electron chi connectivity index (χ1n) is 5.02. The van der Waals surface area contributed by atoms with E-state index < -0.39 is 0 Å². The number of halogens is 1. The molecule has 3 N–H and O–H groups in total. The number of anilines is 1. The SMILES string of the molecule is NNc1nnc(Cl)c2c1OCC1(CC1)CO2. The van der Waals surface area contributed by atoms with E-state index in [4.69, 9.17) is 26.9 Å². The average molecular weight is 243 g/mol. The Bertz CT molecular complexity index is 436. The summed E-state index contributed by atoms with van der Waals surface area (Å²) in [5.74, 6) is 6.55. The molecule has 0 unspecified atom stereocenters. The molecule has 1 spiro atoms. The van der Waals surface area contributed by atoms with Crippen molar-refractivity contribution in [2.24, 2.45) is 11.3 Å². The fraction of sp³-hybridized carbons (Fsp3) is 0.556. The summed E-state index contributed by atoms with van der Waals surface area (Å²) < 4.78 is 11.3. The van der Waals surface area contributed by atoms with Gasteiger partial charge in [0.15, 0.2) is 5.15 Å². The number of rotatable bonds is 1. The van der Waals surface area contributed by atoms with E-state index in [2.05, 4.69) is 15.6 Å². The molecule has 1 aliphatic carbocycles. The highest BCUT2D eigenvalue weighted by atomic mass is 35.5. The van der Waals surface area contributed by atoms with Crippen molar-refractivity contribution < 1.29 is 9.47 Å². The molecule has 86 valence electrons. The van der Waals surface area contributed by atoms with E-state index in [9.17, 15) is 0 Å². The Balaban J connectivity index is 2.01. The summed E-state index contributed by atoms with van der Waals surface area (Å²) in [5.41, 5.74) is 2.57. The van der Waals surface area contributed by atoms with Crippen LogP contribution in [0.25, 0.3) is 0 Å². The number of fused-ring (bicyclic) bond motifs is 1. The highest BCUT2D eigenvalue weighted by Gasteiger charge is 2.46. The molecule has 2 aliphatic rings. The predicted octanol–water partition coefficient (Wildman–Crippen LogP) is 0.967. The van der Waals surface area contributed by atoms with Gasteiger partial charge in [-0.1, -0.05) is 11.6 Å². The largest absolute Gasteiger partial charge is 0.486 e. The van der Waals surface area contributed by atoms with Crippen molar-refractivity contribution in [3.8, 4) is 11.5 Å². The summed E-state index contributed by atoms with van der Waals surface area (Å²) >= 11 is 5.91. The molecule has 7 heteroatoms. The van der Waals surface area contributed by atoms with Gasteiger partial charge in [0.05, 0.1) is 13.2 Å². The Hall–Kier alpha value is -1.27. The highest BCUT2D eigenvalue weighted by molar-refractivity contribution is 6.31. The quantitative estimate of drug-likeness (QED) is 0.564. The lowest BCUT2D eigenvalue weighted by Crippen LogP contribution is -2.18. The first-order valence-corrected chi connectivity index (χ1v) is 5.40. The highest BCUT2D eigenvalue weighted by Crippen LogP contribution is 2.50. The van der Waals surface area contributed by atoms with Crippen molar-refractivity contribution >= 4 is 17.4 Å². The molecular formula is C9H11ClN4O2. The molecule has 6 nitrogen and oxygen atoms in total. The van der Waals surface area contributed by atoms with Crippen LogP contribution in [0.5, 0.6) is 11.5 Å². The van der Waals surface area contributed by atoms with Gasteiger partial charge in [-0.2, -0.15) is 0 Å². The molecular weight excluding hydrogens is 232 g/mol. The van der Waals surface area contributed by atoms with Gasteiger partial charge in [0.25, 0.3) is 0 Å². The van der Waals surface area contributed by atoms with E-state index in [1.165, 1.54) is 0 Å². The molecule has 16 heavy (non-hydrogen) atoms. The zero-order chi connectivity index (χ0) is 11.2. The molecule has 2 heterocycles. The van der Waals surface area contributed by atoms with Crippen molar-refractivity contribution in [2.45, 2.75) is 12.8 Å². The Labute approximate surface area is 97.0 Å². The van der Waals surface area contributed by atoms with E-state index in [-0.39, 0.29) is 10.6 Å². The van der Waals surface area contributed by atoms with Crippen LogP contribution in [0.1, 0.15) is 12.8 Å². The Morgan fingerprint density at radius 2 is 1.88 bits per heavy atom. The molecule has 0 saturated heterocycles. The molecule has 3 rings (SSSR count). The maximum atomic E-state index is 5.91. The van der Waals surface area contributed by atoms with Crippen LogP contribution in [0.2, 0.25) is 5.15 Å². The smallest absolute Gasteiger partial charge is 0.210 e. The lowest BCUT2D eigenvalue weighted by molar-refractivity contribution is 0.197. The average Bonchev–Trinajstić information content (AvgIpc) is 3.08. The zero-order valence-corrected chi connectivity index (χ0v) is 9.25. The van der Waals surface area contributed by atoms with Crippen LogP contribution in [0.3, 0.4) is 0 Å². The van der Waals surface area contributed by atoms with Crippen molar-refractivity contribution in [1.82, 2.24) is 10.2 Å². The van der Waals surface area contributed by atoms with Crippen LogP contribution in [0.4, 0.5) is 5.82 Å². The van der Waals surface area contributed by atoms with Crippen LogP contribution in [-0.2, 0) is 0 Å². The number of hydrogen-bond acceptors (Lipinski definition) is 6. The lowest BCUT2D eigenvalue weighted by Gasteiger charge is -2.10. The van der Waals surface area contributed by atoms with Gasteiger partial charge in [-0.3, -0.25) is 0 Å². The van der Waals surface area contributed by atoms with Gasteiger partial charge in [-0.05, 0) is 12.8 Å². The molecule has 1 aromatic heterocycles. The van der Waals surface area contributed by atoms with Gasteiger partial charge in [0, 0.05) is 5.41 Å². The molecule has 1 aromatic rings. The molecule has 0 bridgehead atoms. The summed E-state index contributed by atoms with van der Waals surface area (Å²) in [6.07, 6.45) is 2.23. The van der Waals surface area contributed by atoms with Crippen molar-refractivity contribution in [3.05, 3.63) is 5.15 Å². The van der Waals surface area contributed by atoms with Crippen molar-refractivity contribution in [1.29, 1.82) is 0 Å². The van der Waals surface area contributed by atoms with Gasteiger partial charge < -0.3 is 14.9 Å². The van der Waals surface area contributed by atoms with Gasteiger partial charge in [0.1, 0.15) is 0 Å². The molecule has 0 radical (unpaired) electrons. The summed E-state index contributed by atoms with van der Waals surface area (Å²) in [4.78, 5) is 0. The summed E-state index contributed by atoms with van der Waals surface area (Å²) in [6, 6.07) is 0. The fourth-order valence-corrected chi connectivity index (χ4v) is 1.88. The third kappa shape index (κ3) is 1.45. The number of nitrogens with zero attached hydrogens (tertiary/aromatic N) is 2. The molecule has 1 saturated carbocycles. The minimum absolute atomic E-state index is 0.147. The summed E-state index contributed by atoms with van der Waals surface area (Å²) in [5, 5.41) is 7.74. The molecule has 1 fully saturated rings. The molecule has 1 aliphatic heterocycles. The van der Waals surface area contributed by atoms with E-state index in [1.807, 2.05) is 0 Å². The first kappa shape index (κ1) is 9.92. The van der Waals surface area contributed by atoms with Crippen LogP contribution < -0.4 is 20.7 Å². The van der Waals surface area contributed by atoms with E-state index >= 15 is 0 Å². The molecule has 0 amide bonds. The van der Waals surface area contributed by atoms with Crippen LogP contribution in [-0.4, -0.2) is 23.4 Å². The van der Waals surface area contributed by atoms with E-state index in [0.717, 1.165) is 12.8 Å². The van der Waals surface area contributed by atoms with E-state index in [1.54, 1.807) is 0 Å². The number of nitrogens with one attached hydrogen (secondary N) is 1. The second-order valence-corrected chi connectivity index (χ2v) is 4.58. The van der Waals surface area contributed by atoms with Crippen LogP contribution in [0, 0.1) is 5.41 Å². The number of hydrogen-bond donors (Lipinski definition) is 2. The molecule has 0 atom stereocenters. The third-order valence-corrected chi connectivity index (χ3v) is 3.23. The van der Waals surface area contributed by atoms with E-state index in [0.29, 0.717) is 30.5 Å². The monoisotopic (exact) mass is 242 g/mol. The van der Waals surface area contributed by atoms with Gasteiger partial charge in [-0.15, -0.1) is 10.2 Å². The predicted molar refractivity (Wildman–Crippen MR) is 57.5 cm³/mol. The lowest BCUT2D eigenvalue weighted by atomic mass is 10.1. The maximum absolute atomic E-state index is 5.91. The second kappa shape index (κ2) is 3.36. The summed E-state index contributed by atoms with van der Waals surface area (Å²) in [7, 11) is 0. The zero-order valence-electron chi connectivity index (χ0n) is 8.49. The fourth-order valence-electron chi connectivity index (χ4n) is 1.70. The Kier molecular flexibility index (Phi) is 2.08. The van der Waals surface area contributed by atoms with Crippen LogP contribution in [0.15, 0.2) is 0 Å². The van der Waals surface area contributed by atoms with Crippen LogP contribution >= 0.6 is 11.6 Å². The number of hydrazine groups is 1. The third-order valence-electron chi connectivity index (χ3n) is 2.99. The Morgan fingerprint density at radius 3 is 2.50 bits per heavy atom. The number of ether oxygens (including phenoxy) is 2. The van der Waals surface area contributed by atoms with Crippen molar-refractivity contribution in [2.75, 3.05) is 18.6 Å². The number of aromatic nitrogens is 2. The Morgan fingerprint density at radius 1 is 1.19 bits per heavy atom. The maximum Gasteiger partial charge on any atom is 0.210 e. The second-order valence-electron chi connectivity index (χ2n) is 4.22. The van der Waals surface area contributed by atoms with Crippen molar-refractivity contribution in [3.63, 3.8) is 0 Å². The van der Waals surface area contributed by atoms with Gasteiger partial charge in [0.2, 0.25) is 17.3 Å². The normalized spacial score (nSPS) is 20.4. The topological polar surface area (TPSA) is 82.3 Å². The van der Waals surface area contributed by atoms with Gasteiger partial charge in [-0.25, -0.2) is 5.84 Å². The summed E-state index contributed by atoms with van der Waals surface area (Å²) in [6.45, 7) is 1.21. The minimum Gasteiger partial charge on any atom is -0.486 e. The molecule has 0 aromatic carbocycles. The number of nitrogens with two attached hydrogens (primary N) is 1. The standard InChI is InChI=1S/C9H11ClN4O2/c10-7-5-6(8(12-11)14-13-7)16-4-9(1-2-9)3-15-5/h1-4,11H2,(H,12,14).